The number of hydrogen-bond donors (Lipinski definition) is 4. The molecular formula is C38H34F3N11O3S2. The van der Waals surface area contributed by atoms with Gasteiger partial charge in [0, 0.05) is 67.0 Å². The number of nitrogens with zero attached hydrogens (tertiary/aromatic N) is 8. The fourth-order valence-corrected chi connectivity index (χ4v) is 7.75. The molecule has 0 atom stereocenters. The van der Waals surface area contributed by atoms with Crippen LogP contribution in [0.25, 0.3) is 34.0 Å². The fourth-order valence-electron chi connectivity index (χ4n) is 6.32. The number of pyridine rings is 4. The van der Waals surface area contributed by atoms with Crippen LogP contribution >= 0.6 is 22.7 Å². The van der Waals surface area contributed by atoms with E-state index in [0.717, 1.165) is 16.9 Å². The Hall–Kier alpha value is -6.05. The molecule has 8 rings (SSSR count). The highest BCUT2D eigenvalue weighted by Gasteiger charge is 2.69. The third-order valence-corrected chi connectivity index (χ3v) is 11.1. The number of aromatic nitrogens is 6. The molecule has 4 N–H and O–H groups in total. The number of piperazine rings is 1. The lowest BCUT2D eigenvalue weighted by Gasteiger charge is -2.37. The number of rotatable bonds is 12. The smallest absolute Gasteiger partial charge is 0.395 e. The minimum Gasteiger partial charge on any atom is -0.395 e. The topological polar surface area (TPSA) is 174 Å². The summed E-state index contributed by atoms with van der Waals surface area (Å²) in [4.78, 5) is 55.8. The Labute approximate surface area is 331 Å². The Morgan fingerprint density at radius 1 is 0.772 bits per heavy atom. The Bertz CT molecular complexity index is 2380. The summed E-state index contributed by atoms with van der Waals surface area (Å²) in [5, 5.41) is 22.9. The first-order valence-corrected chi connectivity index (χ1v) is 19.7. The van der Waals surface area contributed by atoms with Crippen molar-refractivity contribution in [3.63, 3.8) is 0 Å². The molecule has 2 fully saturated rings. The van der Waals surface area contributed by atoms with Crippen LogP contribution in [0.5, 0.6) is 0 Å². The quantitative estimate of drug-likeness (QED) is 0.108. The van der Waals surface area contributed by atoms with Crippen LogP contribution < -0.4 is 20.9 Å². The fraction of sp³-hybridized carbons (Fsp3) is 0.263. The number of aliphatic hydroxyl groups is 1. The van der Waals surface area contributed by atoms with Crippen molar-refractivity contribution in [2.24, 2.45) is 5.41 Å². The zero-order valence-electron chi connectivity index (χ0n) is 30.0. The van der Waals surface area contributed by atoms with E-state index in [2.05, 4.69) is 35.9 Å². The van der Waals surface area contributed by atoms with E-state index in [-0.39, 0.29) is 45.0 Å². The van der Waals surface area contributed by atoms with Gasteiger partial charge >= 0.3 is 6.18 Å². The highest BCUT2D eigenvalue weighted by molar-refractivity contribution is 7.14. The van der Waals surface area contributed by atoms with Gasteiger partial charge in [-0.1, -0.05) is 6.07 Å². The predicted molar refractivity (Wildman–Crippen MR) is 211 cm³/mol. The van der Waals surface area contributed by atoms with E-state index >= 15 is 0 Å². The largest absolute Gasteiger partial charge is 0.403 e. The van der Waals surface area contributed by atoms with Gasteiger partial charge in [-0.05, 0) is 61.4 Å². The van der Waals surface area contributed by atoms with Gasteiger partial charge in [-0.15, -0.1) is 22.7 Å². The highest BCUT2D eigenvalue weighted by atomic mass is 32.1. The molecule has 6 aromatic rings. The van der Waals surface area contributed by atoms with E-state index in [1.54, 1.807) is 24.5 Å². The molecule has 0 radical (unpaired) electrons. The lowest BCUT2D eigenvalue weighted by Crippen LogP contribution is -2.53. The number of nitrogens with one attached hydrogen (secondary N) is 3. The van der Waals surface area contributed by atoms with Crippen molar-refractivity contribution in [2.75, 3.05) is 54.9 Å². The van der Waals surface area contributed by atoms with Crippen molar-refractivity contribution in [3.8, 4) is 34.0 Å². The number of carbonyl (C=O) groups is 2. The summed E-state index contributed by atoms with van der Waals surface area (Å²) in [7, 11) is 0. The highest BCUT2D eigenvalue weighted by Crippen LogP contribution is 2.58. The molecule has 57 heavy (non-hydrogen) atoms. The van der Waals surface area contributed by atoms with E-state index < -0.39 is 17.5 Å². The molecule has 7 heterocycles. The van der Waals surface area contributed by atoms with Gasteiger partial charge in [0.05, 0.1) is 35.6 Å². The summed E-state index contributed by atoms with van der Waals surface area (Å²) in [6.07, 6.45) is 0.198. The maximum atomic E-state index is 13.4. The van der Waals surface area contributed by atoms with Gasteiger partial charge in [0.1, 0.15) is 28.4 Å². The first kappa shape index (κ1) is 37.9. The number of thiazole rings is 2. The summed E-state index contributed by atoms with van der Waals surface area (Å²) in [6.45, 7) is 1.32. The molecular weight excluding hydrogens is 780 g/mol. The SMILES string of the molecule is O=C(NCCO)c1ccnc(Nc2nc(-c3ccc(-c4cccc(-c5csc(Nc6ccc(N7CCN(C(=O)C8(C(F)(F)F)CC8)CC7)cn6)n5)n4)cn3)cs2)c1. The standard InChI is InChI=1S/C38H34F3N11O3S2/c39-38(40,41)37(9-10-37)34(55)52-15-13-51(14-16-52)25-5-7-31(45-20-25)49-35-48-30(22-57-35)28-3-1-2-26(46-28)24-4-6-27(44-19-24)29-21-56-36(47-29)50-32-18-23(8-11-42-32)33(54)43-12-17-53/h1-8,11,18-22,53H,9-10,12-17H2,(H,43,54)(H,42,47,50)(H,45,48,49). The van der Waals surface area contributed by atoms with Gasteiger partial charge in [-0.25, -0.2) is 24.9 Å². The second-order valence-electron chi connectivity index (χ2n) is 13.3. The minimum absolute atomic E-state index is 0.129. The van der Waals surface area contributed by atoms with Crippen molar-refractivity contribution < 1.29 is 27.9 Å². The van der Waals surface area contributed by atoms with Crippen molar-refractivity contribution in [3.05, 3.63) is 89.5 Å². The lowest BCUT2D eigenvalue weighted by atomic mass is 10.0. The van der Waals surface area contributed by atoms with Gasteiger partial charge in [-0.2, -0.15) is 13.2 Å². The van der Waals surface area contributed by atoms with Crippen molar-refractivity contribution in [2.45, 2.75) is 19.0 Å². The summed E-state index contributed by atoms with van der Waals surface area (Å²) >= 11 is 2.78. The molecule has 14 nitrogen and oxygen atoms in total. The molecule has 0 spiro atoms. The van der Waals surface area contributed by atoms with Gasteiger partial charge in [-0.3, -0.25) is 14.6 Å². The second kappa shape index (κ2) is 15.8. The molecule has 292 valence electrons. The lowest BCUT2D eigenvalue weighted by molar-refractivity contribution is -0.198. The number of anilines is 5. The number of alkyl halides is 3. The van der Waals surface area contributed by atoms with E-state index in [0.29, 0.717) is 63.3 Å². The molecule has 6 aromatic heterocycles. The Kier molecular flexibility index (Phi) is 10.5. The molecule has 1 saturated carbocycles. The minimum atomic E-state index is -4.51. The zero-order chi connectivity index (χ0) is 39.6. The van der Waals surface area contributed by atoms with Crippen LogP contribution in [0.15, 0.2) is 83.9 Å². The molecule has 2 aliphatic rings. The molecule has 0 bridgehead atoms. The summed E-state index contributed by atoms with van der Waals surface area (Å²) in [5.74, 6) is -0.0739. The van der Waals surface area contributed by atoms with Crippen LogP contribution in [0.1, 0.15) is 23.2 Å². The maximum absolute atomic E-state index is 13.4. The zero-order valence-corrected chi connectivity index (χ0v) is 31.7. The van der Waals surface area contributed by atoms with E-state index in [1.165, 1.54) is 33.8 Å². The van der Waals surface area contributed by atoms with Crippen molar-refractivity contribution in [1.29, 1.82) is 0 Å². The monoisotopic (exact) mass is 813 g/mol. The number of hydrogen-bond acceptors (Lipinski definition) is 14. The van der Waals surface area contributed by atoms with Gasteiger partial charge in [0.2, 0.25) is 5.91 Å². The van der Waals surface area contributed by atoms with E-state index in [4.69, 9.17) is 15.1 Å². The van der Waals surface area contributed by atoms with Gasteiger partial charge in [0.15, 0.2) is 10.3 Å². The maximum Gasteiger partial charge on any atom is 0.403 e. The number of aliphatic hydroxyl groups excluding tert-OH is 1. The Morgan fingerprint density at radius 2 is 1.49 bits per heavy atom. The van der Waals surface area contributed by atoms with E-state index in [1.807, 2.05) is 58.1 Å². The Morgan fingerprint density at radius 3 is 2.14 bits per heavy atom. The first-order valence-electron chi connectivity index (χ1n) is 17.9. The van der Waals surface area contributed by atoms with Gasteiger partial charge in [0.25, 0.3) is 5.91 Å². The summed E-state index contributed by atoms with van der Waals surface area (Å²) in [6, 6.07) is 16.4. The molecule has 0 unspecified atom stereocenters. The van der Waals surface area contributed by atoms with Crippen LogP contribution in [0, 0.1) is 5.41 Å². The predicted octanol–water partition coefficient (Wildman–Crippen LogP) is 6.38. The number of amides is 2. The molecule has 1 aliphatic heterocycles. The molecule has 0 aromatic carbocycles. The van der Waals surface area contributed by atoms with Crippen LogP contribution in [-0.2, 0) is 4.79 Å². The van der Waals surface area contributed by atoms with Crippen molar-refractivity contribution >= 4 is 62.1 Å². The van der Waals surface area contributed by atoms with E-state index in [9.17, 15) is 22.8 Å². The van der Waals surface area contributed by atoms with Crippen LogP contribution in [0.2, 0.25) is 0 Å². The molecule has 2 amide bonds. The summed E-state index contributed by atoms with van der Waals surface area (Å²) in [5.41, 5.74) is 3.29. The van der Waals surface area contributed by atoms with Crippen LogP contribution in [-0.4, -0.2) is 97.2 Å². The molecule has 1 aliphatic carbocycles. The Balaban J connectivity index is 0.858. The summed E-state index contributed by atoms with van der Waals surface area (Å²) < 4.78 is 40.3. The van der Waals surface area contributed by atoms with Crippen LogP contribution in [0.4, 0.5) is 40.8 Å². The van der Waals surface area contributed by atoms with Crippen LogP contribution in [0.3, 0.4) is 0 Å². The molecule has 19 heteroatoms. The molecule has 1 saturated heterocycles. The third kappa shape index (κ3) is 8.25. The average molecular weight is 814 g/mol. The second-order valence-corrected chi connectivity index (χ2v) is 15.1. The van der Waals surface area contributed by atoms with Crippen molar-refractivity contribution in [1.82, 2.24) is 40.1 Å². The average Bonchev–Trinajstić information content (AvgIpc) is 3.73. The number of carbonyl (C=O) groups excluding carboxylic acids is 2. The number of halogens is 3. The third-order valence-electron chi connectivity index (χ3n) is 9.61. The first-order chi connectivity index (χ1) is 27.6. The van der Waals surface area contributed by atoms with Gasteiger partial charge < -0.3 is 30.9 Å². The normalized spacial score (nSPS) is 14.9.